The number of nitrogens with one attached hydrogen (secondary N) is 2. The van der Waals surface area contributed by atoms with Gasteiger partial charge < -0.3 is 15.4 Å². The van der Waals surface area contributed by atoms with Gasteiger partial charge in [0.25, 0.3) is 0 Å². The van der Waals surface area contributed by atoms with Crippen LogP contribution in [0.25, 0.3) is 0 Å². The Morgan fingerprint density at radius 3 is 2.48 bits per heavy atom. The molecule has 1 heterocycles. The second-order valence-electron chi connectivity index (χ2n) is 5.21. The molecule has 0 aromatic carbocycles. The van der Waals surface area contributed by atoms with Crippen molar-refractivity contribution < 1.29 is 17.9 Å². The molecule has 0 aromatic rings. The number of morpholine rings is 1. The van der Waals surface area contributed by atoms with E-state index in [2.05, 4.69) is 20.5 Å². The smallest absolute Gasteiger partial charge is 0.379 e. The van der Waals surface area contributed by atoms with Crippen LogP contribution in [0.4, 0.5) is 13.2 Å². The summed E-state index contributed by atoms with van der Waals surface area (Å²) in [5.41, 5.74) is 0. The Hall–Kier alpha value is -0.290. The van der Waals surface area contributed by atoms with Crippen molar-refractivity contribution in [3.63, 3.8) is 0 Å². The van der Waals surface area contributed by atoms with E-state index < -0.39 is 12.6 Å². The molecule has 0 spiro atoms. The fourth-order valence-electron chi connectivity index (χ4n) is 2.13. The highest BCUT2D eigenvalue weighted by Crippen LogP contribution is 2.21. The molecule has 1 saturated heterocycles. The zero-order valence-corrected chi connectivity index (χ0v) is 16.0. The summed E-state index contributed by atoms with van der Waals surface area (Å²) in [6.45, 7) is 8.17. The fourth-order valence-corrected chi connectivity index (χ4v) is 2.13. The van der Waals surface area contributed by atoms with Gasteiger partial charge in [-0.05, 0) is 19.8 Å². The molecule has 138 valence electrons. The standard InChI is InChI=1S/C14H27F3N4O.HI/c1-2-18-13(19-6-4-3-5-14(15,16)17)20-7-8-21-9-11-22-12-10-21;/h2-12H2,1H3,(H2,18,19,20);1H. The topological polar surface area (TPSA) is 48.9 Å². The van der Waals surface area contributed by atoms with Gasteiger partial charge in [0.05, 0.1) is 13.2 Å². The fraction of sp³-hybridized carbons (Fsp3) is 0.929. The number of hydrogen-bond donors (Lipinski definition) is 2. The second-order valence-corrected chi connectivity index (χ2v) is 5.21. The molecule has 0 atom stereocenters. The lowest BCUT2D eigenvalue weighted by Crippen LogP contribution is -2.44. The van der Waals surface area contributed by atoms with Gasteiger partial charge in [0.2, 0.25) is 0 Å². The maximum atomic E-state index is 12.0. The first kappa shape index (κ1) is 22.7. The van der Waals surface area contributed by atoms with Crippen molar-refractivity contribution in [2.75, 3.05) is 52.5 Å². The summed E-state index contributed by atoms with van der Waals surface area (Å²) in [5.74, 6) is 0.669. The van der Waals surface area contributed by atoms with Crippen LogP contribution in [0.15, 0.2) is 4.99 Å². The van der Waals surface area contributed by atoms with Gasteiger partial charge in [-0.25, -0.2) is 0 Å². The van der Waals surface area contributed by atoms with Gasteiger partial charge in [-0.3, -0.25) is 9.89 Å². The molecule has 0 saturated carbocycles. The number of halogens is 4. The lowest BCUT2D eigenvalue weighted by Gasteiger charge is -2.26. The molecule has 0 radical (unpaired) electrons. The normalized spacial score (nSPS) is 16.8. The highest BCUT2D eigenvalue weighted by Gasteiger charge is 2.25. The Labute approximate surface area is 153 Å². The van der Waals surface area contributed by atoms with Crippen LogP contribution in [-0.2, 0) is 4.74 Å². The third-order valence-electron chi connectivity index (χ3n) is 3.31. The third kappa shape index (κ3) is 12.8. The van der Waals surface area contributed by atoms with E-state index in [0.717, 1.165) is 45.9 Å². The summed E-state index contributed by atoms with van der Waals surface area (Å²) in [4.78, 5) is 6.61. The maximum absolute atomic E-state index is 12.0. The van der Waals surface area contributed by atoms with Crippen LogP contribution in [0.2, 0.25) is 0 Å². The first-order valence-electron chi connectivity index (χ1n) is 7.90. The number of alkyl halides is 3. The molecule has 0 amide bonds. The van der Waals surface area contributed by atoms with E-state index in [9.17, 15) is 13.2 Å². The average Bonchev–Trinajstić information content (AvgIpc) is 2.47. The molecule has 0 aromatic heterocycles. The van der Waals surface area contributed by atoms with Crippen molar-refractivity contribution >= 4 is 29.9 Å². The van der Waals surface area contributed by atoms with Crippen molar-refractivity contribution in [2.24, 2.45) is 4.99 Å². The van der Waals surface area contributed by atoms with Crippen molar-refractivity contribution in [1.29, 1.82) is 0 Å². The van der Waals surface area contributed by atoms with Crippen LogP contribution in [0.1, 0.15) is 26.2 Å². The van der Waals surface area contributed by atoms with Crippen LogP contribution in [-0.4, -0.2) is 69.5 Å². The quantitative estimate of drug-likeness (QED) is 0.257. The Morgan fingerprint density at radius 1 is 1.17 bits per heavy atom. The minimum Gasteiger partial charge on any atom is -0.379 e. The predicted molar refractivity (Wildman–Crippen MR) is 96.6 cm³/mol. The maximum Gasteiger partial charge on any atom is 0.389 e. The van der Waals surface area contributed by atoms with Crippen LogP contribution >= 0.6 is 24.0 Å². The first-order valence-corrected chi connectivity index (χ1v) is 7.90. The summed E-state index contributed by atoms with van der Waals surface area (Å²) in [7, 11) is 0. The second kappa shape index (κ2) is 13.1. The molecule has 1 rings (SSSR count). The molecule has 2 N–H and O–H groups in total. The van der Waals surface area contributed by atoms with Gasteiger partial charge in [0.15, 0.2) is 5.96 Å². The summed E-state index contributed by atoms with van der Waals surface area (Å²) in [6.07, 6.45) is -4.23. The molecular formula is C14H28F3IN4O. The van der Waals surface area contributed by atoms with Gasteiger partial charge in [-0.2, -0.15) is 13.2 Å². The predicted octanol–water partition coefficient (Wildman–Crippen LogP) is 2.22. The first-order chi connectivity index (χ1) is 10.5. The van der Waals surface area contributed by atoms with Crippen LogP contribution < -0.4 is 10.6 Å². The molecule has 1 fully saturated rings. The Bertz CT molecular complexity index is 324. The van der Waals surface area contributed by atoms with E-state index in [-0.39, 0.29) is 30.4 Å². The van der Waals surface area contributed by atoms with Gasteiger partial charge in [0.1, 0.15) is 0 Å². The van der Waals surface area contributed by atoms with Gasteiger partial charge in [0, 0.05) is 45.7 Å². The lowest BCUT2D eigenvalue weighted by molar-refractivity contribution is -0.135. The lowest BCUT2D eigenvalue weighted by atomic mass is 10.2. The molecule has 0 bridgehead atoms. The molecule has 5 nitrogen and oxygen atoms in total. The van der Waals surface area contributed by atoms with Gasteiger partial charge in [-0.1, -0.05) is 0 Å². The van der Waals surface area contributed by atoms with E-state index >= 15 is 0 Å². The van der Waals surface area contributed by atoms with Crippen LogP contribution in [0.3, 0.4) is 0 Å². The number of ether oxygens (including phenoxy) is 1. The molecule has 1 aliphatic rings. The SMILES string of the molecule is CCNC(=NCCCCC(F)(F)F)NCCN1CCOCC1.I. The van der Waals surface area contributed by atoms with E-state index in [1.165, 1.54) is 0 Å². The summed E-state index contributed by atoms with van der Waals surface area (Å²) in [5, 5.41) is 6.31. The number of unbranched alkanes of at least 4 members (excludes halogenated alkanes) is 1. The summed E-state index contributed by atoms with van der Waals surface area (Å²) < 4.78 is 41.4. The molecule has 0 aliphatic carbocycles. The summed E-state index contributed by atoms with van der Waals surface area (Å²) in [6, 6.07) is 0. The number of rotatable bonds is 8. The number of hydrogen-bond acceptors (Lipinski definition) is 3. The zero-order valence-electron chi connectivity index (χ0n) is 13.6. The molecule has 9 heteroatoms. The van der Waals surface area contributed by atoms with Gasteiger partial charge in [-0.15, -0.1) is 24.0 Å². The van der Waals surface area contributed by atoms with Crippen molar-refractivity contribution in [1.82, 2.24) is 15.5 Å². The Balaban J connectivity index is 0.00000484. The van der Waals surface area contributed by atoms with Crippen molar-refractivity contribution in [3.8, 4) is 0 Å². The molecule has 0 unspecified atom stereocenters. The number of guanidine groups is 1. The highest BCUT2D eigenvalue weighted by molar-refractivity contribution is 14.0. The average molecular weight is 452 g/mol. The van der Waals surface area contributed by atoms with Crippen LogP contribution in [0.5, 0.6) is 0 Å². The minimum atomic E-state index is -4.06. The van der Waals surface area contributed by atoms with Crippen molar-refractivity contribution in [3.05, 3.63) is 0 Å². The summed E-state index contributed by atoms with van der Waals surface area (Å²) >= 11 is 0. The monoisotopic (exact) mass is 452 g/mol. The molecular weight excluding hydrogens is 424 g/mol. The molecule has 23 heavy (non-hydrogen) atoms. The number of aliphatic imine (C=N–C) groups is 1. The minimum absolute atomic E-state index is 0. The van der Waals surface area contributed by atoms with Gasteiger partial charge >= 0.3 is 6.18 Å². The van der Waals surface area contributed by atoms with E-state index in [4.69, 9.17) is 4.74 Å². The Morgan fingerprint density at radius 2 is 1.87 bits per heavy atom. The number of nitrogens with zero attached hydrogens (tertiary/aromatic N) is 2. The van der Waals surface area contributed by atoms with E-state index in [1.807, 2.05) is 6.92 Å². The third-order valence-corrected chi connectivity index (χ3v) is 3.31. The Kier molecular flexibility index (Phi) is 12.9. The van der Waals surface area contributed by atoms with E-state index in [0.29, 0.717) is 18.9 Å². The molecule has 1 aliphatic heterocycles. The van der Waals surface area contributed by atoms with Crippen molar-refractivity contribution in [2.45, 2.75) is 32.4 Å². The van der Waals surface area contributed by atoms with E-state index in [1.54, 1.807) is 0 Å². The highest BCUT2D eigenvalue weighted by atomic mass is 127. The van der Waals surface area contributed by atoms with Crippen LogP contribution in [0, 0.1) is 0 Å². The largest absolute Gasteiger partial charge is 0.389 e. The zero-order chi connectivity index (χ0) is 16.3.